The number of nitrogens with zero attached hydrogens (tertiary/aromatic N) is 2. The lowest BCUT2D eigenvalue weighted by molar-refractivity contribution is 0.147. The summed E-state index contributed by atoms with van der Waals surface area (Å²) in [6.45, 7) is 0. The zero-order valence-corrected chi connectivity index (χ0v) is 8.15. The molecule has 1 fully saturated rings. The maximum Gasteiger partial charge on any atom is 0.233 e. The van der Waals surface area contributed by atoms with Gasteiger partial charge in [-0.15, -0.1) is 10.2 Å². The molecule has 4 nitrogen and oxygen atoms in total. The summed E-state index contributed by atoms with van der Waals surface area (Å²) in [4.78, 5) is 0. The molecule has 0 amide bonds. The Morgan fingerprint density at radius 3 is 2.57 bits per heavy atom. The predicted octanol–water partition coefficient (Wildman–Crippen LogP) is 1.77. The fourth-order valence-electron chi connectivity index (χ4n) is 1.75. The summed E-state index contributed by atoms with van der Waals surface area (Å²) in [5, 5.41) is 7.62. The van der Waals surface area contributed by atoms with Crippen molar-refractivity contribution < 1.29 is 4.74 Å². The highest BCUT2D eigenvalue weighted by Crippen LogP contribution is 2.21. The first-order valence-corrected chi connectivity index (χ1v) is 5.10. The van der Waals surface area contributed by atoms with Gasteiger partial charge >= 0.3 is 0 Å². The van der Waals surface area contributed by atoms with Gasteiger partial charge in [-0.25, -0.2) is 0 Å². The van der Waals surface area contributed by atoms with Gasteiger partial charge in [-0.05, 0) is 31.7 Å². The lowest BCUT2D eigenvalue weighted by Crippen LogP contribution is -2.20. The number of ether oxygens (including phenoxy) is 1. The molecule has 0 aromatic carbocycles. The van der Waals surface area contributed by atoms with Crippen molar-refractivity contribution in [3.05, 3.63) is 12.1 Å². The molecule has 14 heavy (non-hydrogen) atoms. The first-order valence-electron chi connectivity index (χ1n) is 5.10. The fraction of sp³-hybridized carbons (Fsp3) is 0.600. The molecule has 2 N–H and O–H groups in total. The largest absolute Gasteiger partial charge is 0.473 e. The lowest BCUT2D eigenvalue weighted by Gasteiger charge is -2.21. The van der Waals surface area contributed by atoms with Crippen LogP contribution < -0.4 is 10.5 Å². The van der Waals surface area contributed by atoms with E-state index >= 15 is 0 Å². The van der Waals surface area contributed by atoms with Gasteiger partial charge < -0.3 is 10.5 Å². The molecule has 0 atom stereocenters. The summed E-state index contributed by atoms with van der Waals surface area (Å²) in [5.41, 5.74) is 5.43. The number of rotatable bonds is 2. The van der Waals surface area contributed by atoms with Crippen molar-refractivity contribution >= 4 is 5.82 Å². The van der Waals surface area contributed by atoms with Crippen molar-refractivity contribution in [2.24, 2.45) is 0 Å². The lowest BCUT2D eigenvalue weighted by atomic mass is 9.98. The predicted molar refractivity (Wildman–Crippen MR) is 53.9 cm³/mol. The first kappa shape index (κ1) is 9.24. The van der Waals surface area contributed by atoms with Crippen molar-refractivity contribution in [3.63, 3.8) is 0 Å². The SMILES string of the molecule is Nc1ccc(OC2CCCCC2)nn1. The number of hydrogen-bond donors (Lipinski definition) is 1. The summed E-state index contributed by atoms with van der Waals surface area (Å²) in [5.74, 6) is 1.02. The molecule has 1 saturated carbocycles. The Labute approximate surface area is 83.5 Å². The normalized spacial score (nSPS) is 18.0. The maximum absolute atomic E-state index is 5.68. The van der Waals surface area contributed by atoms with Crippen molar-refractivity contribution in [1.82, 2.24) is 10.2 Å². The standard InChI is InChI=1S/C10H15N3O/c11-9-6-7-10(13-12-9)14-8-4-2-1-3-5-8/h6-8H,1-5H2,(H2,11,12). The highest BCUT2D eigenvalue weighted by Gasteiger charge is 2.15. The Morgan fingerprint density at radius 2 is 1.93 bits per heavy atom. The highest BCUT2D eigenvalue weighted by molar-refractivity contribution is 5.27. The molecule has 0 unspecified atom stereocenters. The summed E-state index contributed by atoms with van der Waals surface area (Å²) >= 11 is 0. The van der Waals surface area contributed by atoms with E-state index in [2.05, 4.69) is 10.2 Å². The Kier molecular flexibility index (Phi) is 2.81. The van der Waals surface area contributed by atoms with Crippen molar-refractivity contribution in [3.8, 4) is 5.88 Å². The van der Waals surface area contributed by atoms with E-state index in [4.69, 9.17) is 10.5 Å². The van der Waals surface area contributed by atoms with Crippen LogP contribution >= 0.6 is 0 Å². The van der Waals surface area contributed by atoms with E-state index in [1.807, 2.05) is 0 Å². The Morgan fingerprint density at radius 1 is 1.14 bits per heavy atom. The average molecular weight is 193 g/mol. The van der Waals surface area contributed by atoms with Gasteiger partial charge in [-0.3, -0.25) is 0 Å². The van der Waals surface area contributed by atoms with Crippen molar-refractivity contribution in [2.45, 2.75) is 38.2 Å². The molecule has 0 aliphatic heterocycles. The minimum absolute atomic E-state index is 0.321. The molecule has 1 aromatic rings. The van der Waals surface area contributed by atoms with Crippen LogP contribution in [0.4, 0.5) is 5.82 Å². The van der Waals surface area contributed by atoms with Crippen LogP contribution in [0.25, 0.3) is 0 Å². The number of hydrogen-bond acceptors (Lipinski definition) is 4. The second kappa shape index (κ2) is 4.26. The van der Waals surface area contributed by atoms with Crippen LogP contribution in [0.5, 0.6) is 5.88 Å². The van der Waals surface area contributed by atoms with E-state index in [-0.39, 0.29) is 0 Å². The van der Waals surface area contributed by atoms with Crippen molar-refractivity contribution in [2.75, 3.05) is 5.73 Å². The first-order chi connectivity index (χ1) is 6.84. The van der Waals surface area contributed by atoms with Crippen LogP contribution in [-0.2, 0) is 0 Å². The molecular formula is C10H15N3O. The number of aromatic nitrogens is 2. The zero-order chi connectivity index (χ0) is 9.80. The Hall–Kier alpha value is -1.32. The molecule has 0 saturated heterocycles. The monoisotopic (exact) mass is 193 g/mol. The molecule has 76 valence electrons. The molecule has 1 heterocycles. The van der Waals surface area contributed by atoms with Gasteiger partial charge in [-0.2, -0.15) is 0 Å². The third kappa shape index (κ3) is 2.34. The van der Waals surface area contributed by atoms with Gasteiger partial charge in [0, 0.05) is 6.07 Å². The molecule has 0 radical (unpaired) electrons. The fourth-order valence-corrected chi connectivity index (χ4v) is 1.75. The highest BCUT2D eigenvalue weighted by atomic mass is 16.5. The Bertz CT molecular complexity index is 280. The summed E-state index contributed by atoms with van der Waals surface area (Å²) in [6, 6.07) is 3.49. The summed E-state index contributed by atoms with van der Waals surface area (Å²) in [7, 11) is 0. The smallest absolute Gasteiger partial charge is 0.233 e. The van der Waals surface area contributed by atoms with Gasteiger partial charge in [0.15, 0.2) is 0 Å². The van der Waals surface area contributed by atoms with E-state index in [1.165, 1.54) is 19.3 Å². The van der Waals surface area contributed by atoms with Crippen molar-refractivity contribution in [1.29, 1.82) is 0 Å². The van der Waals surface area contributed by atoms with E-state index in [0.29, 0.717) is 17.8 Å². The molecule has 4 heteroatoms. The van der Waals surface area contributed by atoms with E-state index in [1.54, 1.807) is 12.1 Å². The van der Waals surface area contributed by atoms with Gasteiger partial charge in [0.25, 0.3) is 0 Å². The molecule has 1 aromatic heterocycles. The van der Waals surface area contributed by atoms with Crippen LogP contribution in [-0.4, -0.2) is 16.3 Å². The number of nitrogen functional groups attached to an aromatic ring is 1. The van der Waals surface area contributed by atoms with Gasteiger partial charge in [0.1, 0.15) is 11.9 Å². The topological polar surface area (TPSA) is 61.0 Å². The van der Waals surface area contributed by atoms with Gasteiger partial charge in [0.2, 0.25) is 5.88 Å². The van der Waals surface area contributed by atoms with Crippen LogP contribution in [0.15, 0.2) is 12.1 Å². The summed E-state index contributed by atoms with van der Waals surface area (Å²) in [6.07, 6.45) is 6.42. The van der Waals surface area contributed by atoms with Crippen LogP contribution in [0, 0.1) is 0 Å². The Balaban J connectivity index is 1.92. The average Bonchev–Trinajstić information content (AvgIpc) is 2.23. The summed E-state index contributed by atoms with van der Waals surface area (Å²) < 4.78 is 5.68. The van der Waals surface area contributed by atoms with Gasteiger partial charge in [0.05, 0.1) is 0 Å². The molecule has 1 aliphatic carbocycles. The number of nitrogens with two attached hydrogens (primary N) is 1. The van der Waals surface area contributed by atoms with Crippen LogP contribution in [0.2, 0.25) is 0 Å². The van der Waals surface area contributed by atoms with E-state index in [0.717, 1.165) is 12.8 Å². The third-order valence-corrected chi connectivity index (χ3v) is 2.50. The second-order valence-corrected chi connectivity index (χ2v) is 3.67. The van der Waals surface area contributed by atoms with Crippen LogP contribution in [0.1, 0.15) is 32.1 Å². The molecule has 1 aliphatic rings. The quantitative estimate of drug-likeness (QED) is 0.777. The number of anilines is 1. The van der Waals surface area contributed by atoms with Gasteiger partial charge in [-0.1, -0.05) is 6.42 Å². The van der Waals surface area contributed by atoms with E-state index < -0.39 is 0 Å². The maximum atomic E-state index is 5.68. The molecule has 0 bridgehead atoms. The minimum atomic E-state index is 0.321. The third-order valence-electron chi connectivity index (χ3n) is 2.50. The second-order valence-electron chi connectivity index (χ2n) is 3.67. The molecular weight excluding hydrogens is 178 g/mol. The van der Waals surface area contributed by atoms with Crippen LogP contribution in [0.3, 0.4) is 0 Å². The van der Waals surface area contributed by atoms with E-state index in [9.17, 15) is 0 Å². The zero-order valence-electron chi connectivity index (χ0n) is 8.15. The molecule has 0 spiro atoms. The minimum Gasteiger partial charge on any atom is -0.473 e. The molecule has 2 rings (SSSR count).